The van der Waals surface area contributed by atoms with Crippen molar-refractivity contribution in [3.63, 3.8) is 0 Å². The lowest BCUT2D eigenvalue weighted by atomic mass is 9.95. The van der Waals surface area contributed by atoms with Gasteiger partial charge in [0.05, 0.1) is 0 Å². The van der Waals surface area contributed by atoms with Crippen molar-refractivity contribution in [3.05, 3.63) is 59.2 Å². The molecular formula is C17H19NO. The standard InChI is InChI=1S/C17H19NO/c1-12-7-8-17-14(9-12)11-15(18-2)10-13-5-3-4-6-16(13)19-17/h3-9,15,18H,10-11H2,1-2H3. The molecule has 98 valence electrons. The first-order valence-electron chi connectivity index (χ1n) is 6.79. The third kappa shape index (κ3) is 2.49. The number of rotatable bonds is 1. The summed E-state index contributed by atoms with van der Waals surface area (Å²) in [5.41, 5.74) is 3.84. The van der Waals surface area contributed by atoms with Crippen LogP contribution in [-0.2, 0) is 12.8 Å². The van der Waals surface area contributed by atoms with Crippen LogP contribution in [0.2, 0.25) is 0 Å². The molecule has 1 heterocycles. The predicted octanol–water partition coefficient (Wildman–Crippen LogP) is 3.47. The molecule has 3 rings (SSSR count). The van der Waals surface area contributed by atoms with E-state index in [0.717, 1.165) is 24.3 Å². The van der Waals surface area contributed by atoms with Crippen LogP contribution >= 0.6 is 0 Å². The van der Waals surface area contributed by atoms with Gasteiger partial charge in [-0.2, -0.15) is 0 Å². The Balaban J connectivity index is 2.08. The highest BCUT2D eigenvalue weighted by Crippen LogP contribution is 2.33. The van der Waals surface area contributed by atoms with E-state index in [2.05, 4.69) is 48.6 Å². The van der Waals surface area contributed by atoms with E-state index < -0.39 is 0 Å². The molecule has 0 saturated heterocycles. The number of nitrogens with one attached hydrogen (secondary N) is 1. The third-order valence-electron chi connectivity index (χ3n) is 3.75. The molecule has 0 saturated carbocycles. The average Bonchev–Trinajstić information content (AvgIpc) is 2.40. The van der Waals surface area contributed by atoms with Crippen molar-refractivity contribution in [2.75, 3.05) is 7.05 Å². The van der Waals surface area contributed by atoms with Crippen molar-refractivity contribution in [2.24, 2.45) is 0 Å². The molecule has 0 radical (unpaired) electrons. The minimum Gasteiger partial charge on any atom is -0.457 e. The summed E-state index contributed by atoms with van der Waals surface area (Å²) in [6.07, 6.45) is 2.00. The second kappa shape index (κ2) is 5.06. The molecule has 2 nitrogen and oxygen atoms in total. The minimum absolute atomic E-state index is 0.450. The van der Waals surface area contributed by atoms with E-state index in [-0.39, 0.29) is 0 Å². The Kier molecular flexibility index (Phi) is 3.26. The van der Waals surface area contributed by atoms with E-state index in [1.54, 1.807) is 0 Å². The molecule has 19 heavy (non-hydrogen) atoms. The fourth-order valence-electron chi connectivity index (χ4n) is 2.67. The Morgan fingerprint density at radius 3 is 2.58 bits per heavy atom. The van der Waals surface area contributed by atoms with Gasteiger partial charge in [-0.05, 0) is 50.1 Å². The van der Waals surface area contributed by atoms with Gasteiger partial charge in [-0.3, -0.25) is 0 Å². The Hall–Kier alpha value is -1.80. The number of ether oxygens (including phenoxy) is 1. The van der Waals surface area contributed by atoms with Crippen LogP contribution in [0, 0.1) is 6.92 Å². The number of likely N-dealkylation sites (N-methyl/N-ethyl adjacent to an activating group) is 1. The van der Waals surface area contributed by atoms with Gasteiger partial charge in [-0.25, -0.2) is 0 Å². The summed E-state index contributed by atoms with van der Waals surface area (Å²) < 4.78 is 6.10. The van der Waals surface area contributed by atoms with Gasteiger partial charge in [0.1, 0.15) is 11.5 Å². The van der Waals surface area contributed by atoms with Crippen LogP contribution in [0.15, 0.2) is 42.5 Å². The van der Waals surface area contributed by atoms with Crippen molar-refractivity contribution in [1.82, 2.24) is 5.32 Å². The molecule has 0 amide bonds. The summed E-state index contributed by atoms with van der Waals surface area (Å²) in [6.45, 7) is 2.13. The maximum Gasteiger partial charge on any atom is 0.130 e. The van der Waals surface area contributed by atoms with Gasteiger partial charge < -0.3 is 10.1 Å². The number of fused-ring (bicyclic) bond motifs is 2. The Morgan fingerprint density at radius 1 is 1.00 bits per heavy atom. The van der Waals surface area contributed by atoms with Crippen molar-refractivity contribution < 1.29 is 4.74 Å². The molecule has 0 aromatic heterocycles. The van der Waals surface area contributed by atoms with Crippen molar-refractivity contribution in [1.29, 1.82) is 0 Å². The first-order valence-corrected chi connectivity index (χ1v) is 6.79. The van der Waals surface area contributed by atoms with Crippen LogP contribution in [0.5, 0.6) is 11.5 Å². The molecule has 2 aromatic rings. The molecule has 1 N–H and O–H groups in total. The topological polar surface area (TPSA) is 21.3 Å². The predicted molar refractivity (Wildman–Crippen MR) is 78.0 cm³/mol. The first-order chi connectivity index (χ1) is 9.26. The van der Waals surface area contributed by atoms with Gasteiger partial charge in [0.15, 0.2) is 0 Å². The summed E-state index contributed by atoms with van der Waals surface area (Å²) >= 11 is 0. The molecule has 0 spiro atoms. The maximum atomic E-state index is 6.10. The lowest BCUT2D eigenvalue weighted by Gasteiger charge is -2.24. The highest BCUT2D eigenvalue weighted by molar-refractivity contribution is 5.45. The molecule has 0 fully saturated rings. The Bertz CT molecular complexity index is 592. The Morgan fingerprint density at radius 2 is 1.74 bits per heavy atom. The zero-order valence-electron chi connectivity index (χ0n) is 11.4. The number of aryl methyl sites for hydroxylation is 1. The van der Waals surface area contributed by atoms with E-state index >= 15 is 0 Å². The van der Waals surface area contributed by atoms with Crippen molar-refractivity contribution >= 4 is 0 Å². The molecule has 0 aliphatic carbocycles. The molecule has 2 heteroatoms. The molecule has 1 atom stereocenters. The van der Waals surface area contributed by atoms with Crippen LogP contribution in [0.3, 0.4) is 0 Å². The third-order valence-corrected chi connectivity index (χ3v) is 3.75. The first kappa shape index (κ1) is 12.2. The largest absolute Gasteiger partial charge is 0.457 e. The minimum atomic E-state index is 0.450. The highest BCUT2D eigenvalue weighted by Gasteiger charge is 2.18. The molecule has 1 unspecified atom stereocenters. The van der Waals surface area contributed by atoms with E-state index in [1.165, 1.54) is 16.7 Å². The van der Waals surface area contributed by atoms with Gasteiger partial charge in [0.25, 0.3) is 0 Å². The van der Waals surface area contributed by atoms with E-state index in [4.69, 9.17) is 4.74 Å². The van der Waals surface area contributed by atoms with Crippen LogP contribution in [0.4, 0.5) is 0 Å². The average molecular weight is 253 g/mol. The summed E-state index contributed by atoms with van der Waals surface area (Å²) in [4.78, 5) is 0. The fraction of sp³-hybridized carbons (Fsp3) is 0.294. The SMILES string of the molecule is CNC1Cc2ccccc2Oc2ccc(C)cc2C1. The van der Waals surface area contributed by atoms with Gasteiger partial charge in [0.2, 0.25) is 0 Å². The van der Waals surface area contributed by atoms with Crippen LogP contribution in [-0.4, -0.2) is 13.1 Å². The normalized spacial score (nSPS) is 17.7. The molecule has 1 aliphatic rings. The maximum absolute atomic E-state index is 6.10. The molecular weight excluding hydrogens is 234 g/mol. The van der Waals surface area contributed by atoms with Crippen molar-refractivity contribution in [3.8, 4) is 11.5 Å². The van der Waals surface area contributed by atoms with Gasteiger partial charge in [-0.15, -0.1) is 0 Å². The summed E-state index contributed by atoms with van der Waals surface area (Å²) in [5, 5.41) is 3.42. The number of para-hydroxylation sites is 1. The van der Waals surface area contributed by atoms with E-state index in [9.17, 15) is 0 Å². The van der Waals surface area contributed by atoms with Gasteiger partial charge in [-0.1, -0.05) is 35.9 Å². The van der Waals surface area contributed by atoms with Crippen LogP contribution < -0.4 is 10.1 Å². The monoisotopic (exact) mass is 253 g/mol. The van der Waals surface area contributed by atoms with E-state index in [0.29, 0.717) is 6.04 Å². The number of hydrogen-bond acceptors (Lipinski definition) is 2. The lowest BCUT2D eigenvalue weighted by molar-refractivity contribution is 0.441. The molecule has 2 aromatic carbocycles. The van der Waals surface area contributed by atoms with Gasteiger partial charge in [0, 0.05) is 6.04 Å². The van der Waals surface area contributed by atoms with Crippen molar-refractivity contribution in [2.45, 2.75) is 25.8 Å². The van der Waals surface area contributed by atoms with Crippen LogP contribution in [0.1, 0.15) is 16.7 Å². The zero-order chi connectivity index (χ0) is 13.2. The van der Waals surface area contributed by atoms with Gasteiger partial charge >= 0.3 is 0 Å². The Labute approximate surface area is 114 Å². The fourth-order valence-corrected chi connectivity index (χ4v) is 2.67. The second-order valence-electron chi connectivity index (χ2n) is 5.21. The summed E-state index contributed by atoms with van der Waals surface area (Å²) in [7, 11) is 2.03. The number of hydrogen-bond donors (Lipinski definition) is 1. The number of benzene rings is 2. The van der Waals surface area contributed by atoms with E-state index in [1.807, 2.05) is 13.1 Å². The second-order valence-corrected chi connectivity index (χ2v) is 5.21. The summed E-state index contributed by atoms with van der Waals surface area (Å²) in [6, 6.07) is 15.2. The van der Waals surface area contributed by atoms with Crippen LogP contribution in [0.25, 0.3) is 0 Å². The molecule has 0 bridgehead atoms. The zero-order valence-corrected chi connectivity index (χ0v) is 11.4. The quantitative estimate of drug-likeness (QED) is 0.840. The highest BCUT2D eigenvalue weighted by atomic mass is 16.5. The molecule has 1 aliphatic heterocycles. The summed E-state index contributed by atoms with van der Waals surface area (Å²) in [5.74, 6) is 1.96. The smallest absolute Gasteiger partial charge is 0.130 e. The lowest BCUT2D eigenvalue weighted by Crippen LogP contribution is -2.31.